The van der Waals surface area contributed by atoms with Crippen molar-refractivity contribution in [1.29, 1.82) is 0 Å². The van der Waals surface area contributed by atoms with Crippen LogP contribution in [0.15, 0.2) is 46.7 Å². The highest BCUT2D eigenvalue weighted by Gasteiger charge is 2.53. The van der Waals surface area contributed by atoms with Crippen molar-refractivity contribution in [2.75, 3.05) is 32.9 Å². The normalized spacial score (nSPS) is 26.3. The molecule has 1 aromatic rings. The number of rotatable bonds is 9. The third kappa shape index (κ3) is 5.76. The molecule has 1 aliphatic carbocycles. The van der Waals surface area contributed by atoms with Crippen LogP contribution in [0, 0.1) is 28.4 Å². The molecule has 1 saturated heterocycles. The summed E-state index contributed by atoms with van der Waals surface area (Å²) in [6.45, 7) is 13.9. The topological polar surface area (TPSA) is 82.4 Å². The quantitative estimate of drug-likeness (QED) is 0.294. The highest BCUT2D eigenvalue weighted by Crippen LogP contribution is 2.58. The zero-order valence-electron chi connectivity index (χ0n) is 23.3. The van der Waals surface area contributed by atoms with E-state index in [-0.39, 0.29) is 33.9 Å². The Hall–Kier alpha value is -2.46. The van der Waals surface area contributed by atoms with Gasteiger partial charge in [-0.05, 0) is 73.1 Å². The van der Waals surface area contributed by atoms with Crippen molar-refractivity contribution in [2.45, 2.75) is 59.4 Å². The number of hydrogen-bond acceptors (Lipinski definition) is 5. The number of carbonyl (C=O) groups excluding carboxylic acids is 1. The number of benzene rings is 1. The Bertz CT molecular complexity index is 1220. The number of allylic oxidation sites excluding steroid dienone is 2. The van der Waals surface area contributed by atoms with Crippen LogP contribution in [0.4, 0.5) is 8.78 Å². The molecule has 1 heterocycles. The fourth-order valence-electron chi connectivity index (χ4n) is 6.14. The Morgan fingerprint density at radius 1 is 1.24 bits per heavy atom. The summed E-state index contributed by atoms with van der Waals surface area (Å²) in [5.41, 5.74) is -0.109. The van der Waals surface area contributed by atoms with Crippen LogP contribution in [0.25, 0.3) is 5.70 Å². The van der Waals surface area contributed by atoms with E-state index in [0.29, 0.717) is 38.0 Å². The molecule has 1 saturated carbocycles. The van der Waals surface area contributed by atoms with Crippen LogP contribution in [0.3, 0.4) is 0 Å². The van der Waals surface area contributed by atoms with Crippen molar-refractivity contribution in [3.05, 3.63) is 53.6 Å². The molecule has 38 heavy (non-hydrogen) atoms. The van der Waals surface area contributed by atoms with E-state index >= 15 is 0 Å². The first kappa shape index (κ1) is 30.1. The number of hydrogen-bond donors (Lipinski definition) is 0. The van der Waals surface area contributed by atoms with Gasteiger partial charge in [0.2, 0.25) is 15.9 Å². The van der Waals surface area contributed by atoms with E-state index in [0.717, 1.165) is 19.1 Å². The van der Waals surface area contributed by atoms with E-state index in [4.69, 9.17) is 0 Å². The maximum atomic E-state index is 14.5. The highest BCUT2D eigenvalue weighted by atomic mass is 32.2. The van der Waals surface area contributed by atoms with Gasteiger partial charge in [0.05, 0.1) is 17.5 Å². The first-order chi connectivity index (χ1) is 17.7. The third-order valence-electron chi connectivity index (χ3n) is 8.76. The Balaban J connectivity index is 1.86. The van der Waals surface area contributed by atoms with Crippen LogP contribution in [-0.4, -0.2) is 62.5 Å². The molecule has 2 fully saturated rings. The maximum absolute atomic E-state index is 14.5. The Kier molecular flexibility index (Phi) is 8.98. The van der Waals surface area contributed by atoms with Crippen LogP contribution in [0.5, 0.6) is 0 Å². The smallest absolute Gasteiger partial charge is 0.241 e. The van der Waals surface area contributed by atoms with Crippen molar-refractivity contribution < 1.29 is 22.0 Å². The molecule has 0 N–H and O–H groups in total. The van der Waals surface area contributed by atoms with E-state index in [2.05, 4.69) is 37.6 Å². The summed E-state index contributed by atoms with van der Waals surface area (Å²) in [6, 6.07) is 3.01. The van der Waals surface area contributed by atoms with Gasteiger partial charge in [0.25, 0.3) is 0 Å². The Morgan fingerprint density at radius 2 is 1.87 bits per heavy atom. The molecule has 0 bridgehead atoms. The highest BCUT2D eigenvalue weighted by molar-refractivity contribution is 7.88. The van der Waals surface area contributed by atoms with Crippen LogP contribution in [0.1, 0.15) is 58.9 Å². The second-order valence-corrected chi connectivity index (χ2v) is 13.2. The summed E-state index contributed by atoms with van der Waals surface area (Å²) in [6.07, 6.45) is 5.53. The van der Waals surface area contributed by atoms with Crippen molar-refractivity contribution in [1.82, 2.24) is 9.21 Å². The average Bonchev–Trinajstić information content (AvgIpc) is 3.40. The first-order valence-electron chi connectivity index (χ1n) is 13.1. The lowest BCUT2D eigenvalue weighted by Crippen LogP contribution is -2.52. The Morgan fingerprint density at radius 3 is 2.42 bits per heavy atom. The van der Waals surface area contributed by atoms with Gasteiger partial charge < -0.3 is 4.90 Å². The molecule has 2 aliphatic rings. The van der Waals surface area contributed by atoms with Crippen LogP contribution in [0.2, 0.25) is 0 Å². The number of sulfonamides is 1. The van der Waals surface area contributed by atoms with Gasteiger partial charge in [-0.1, -0.05) is 33.4 Å². The number of carbonyl (C=O) groups is 1. The minimum Gasteiger partial charge on any atom is -0.341 e. The van der Waals surface area contributed by atoms with Gasteiger partial charge in [0.1, 0.15) is 17.7 Å². The van der Waals surface area contributed by atoms with Gasteiger partial charge in [0.15, 0.2) is 0 Å². The van der Waals surface area contributed by atoms with E-state index in [1.165, 1.54) is 29.6 Å². The lowest BCUT2D eigenvalue weighted by molar-refractivity contribution is -0.137. The fourth-order valence-corrected chi connectivity index (χ4v) is 7.26. The van der Waals surface area contributed by atoms with Crippen LogP contribution < -0.4 is 0 Å². The van der Waals surface area contributed by atoms with Crippen LogP contribution in [-0.2, 0) is 14.8 Å². The van der Waals surface area contributed by atoms with Gasteiger partial charge in [0, 0.05) is 26.7 Å². The minimum absolute atomic E-state index is 0.0304. The van der Waals surface area contributed by atoms with Gasteiger partial charge in [-0.2, -0.15) is 14.5 Å². The molecule has 0 spiro atoms. The summed E-state index contributed by atoms with van der Waals surface area (Å²) < 4.78 is 54.9. The van der Waals surface area contributed by atoms with Gasteiger partial charge in [-0.25, -0.2) is 17.2 Å². The summed E-state index contributed by atoms with van der Waals surface area (Å²) in [5.74, 6) is -1.63. The summed E-state index contributed by atoms with van der Waals surface area (Å²) in [4.78, 5) is 15.3. The van der Waals surface area contributed by atoms with Gasteiger partial charge in [-0.3, -0.25) is 4.79 Å². The lowest BCUT2D eigenvalue weighted by atomic mass is 9.64. The first-order valence-corrected chi connectivity index (χ1v) is 14.9. The molecule has 3 rings (SSSR count). The largest absolute Gasteiger partial charge is 0.341 e. The number of likely N-dealkylation sites (N-methyl/N-ethyl adjacent to an activating group) is 1. The van der Waals surface area contributed by atoms with Crippen molar-refractivity contribution in [3.8, 4) is 0 Å². The predicted molar refractivity (Wildman–Crippen MR) is 146 cm³/mol. The zero-order valence-corrected chi connectivity index (χ0v) is 24.1. The minimum atomic E-state index is -3.47. The number of nitrogens with zero attached hydrogens (tertiary/aromatic N) is 4. The van der Waals surface area contributed by atoms with Gasteiger partial charge in [-0.15, -0.1) is 0 Å². The summed E-state index contributed by atoms with van der Waals surface area (Å²) in [5, 5.41) is 7.77. The van der Waals surface area contributed by atoms with Crippen molar-refractivity contribution in [2.24, 2.45) is 27.0 Å². The molecule has 7 nitrogen and oxygen atoms in total. The van der Waals surface area contributed by atoms with E-state index < -0.39 is 27.7 Å². The van der Waals surface area contributed by atoms with Crippen molar-refractivity contribution in [3.63, 3.8) is 0 Å². The molecule has 10 heteroatoms. The molecule has 1 amide bonds. The van der Waals surface area contributed by atoms with Crippen LogP contribution >= 0.6 is 0 Å². The molecule has 1 unspecified atom stereocenters. The molecule has 210 valence electrons. The van der Waals surface area contributed by atoms with E-state index in [1.807, 2.05) is 6.92 Å². The standard InChI is InChI=1S/C28H40F2N4O3S/c1-8-33(26(35)24-13-10-16-34(24)38(7,36)37)18-28(5)15-14-20(27(28,3)4)19(2)17-23(32-31-6)25-21(29)11-9-12-22(25)30/h9,11-12,17,20,24H,2,8,10,13-16,18H2,1,3-7H3/b23-17-,32-31?/t20-,24?,28-/m0/s1. The molecular formula is C28H40F2N4O3S. The van der Waals surface area contributed by atoms with Gasteiger partial charge >= 0.3 is 0 Å². The number of azo groups is 1. The lowest BCUT2D eigenvalue weighted by Gasteiger charge is -2.45. The SMILES string of the molecule is C=C(/C=C(\N=NC)c1c(F)cccc1F)[C@@H]1CC[C@@](C)(CN(CC)C(=O)C2CCCN2S(C)(=O)=O)C1(C)C. The molecule has 0 aromatic heterocycles. The maximum Gasteiger partial charge on any atom is 0.241 e. The predicted octanol–water partition coefficient (Wildman–Crippen LogP) is 5.66. The number of amides is 1. The molecule has 1 aliphatic heterocycles. The molecule has 1 aromatic carbocycles. The third-order valence-corrected chi connectivity index (χ3v) is 10.0. The summed E-state index contributed by atoms with van der Waals surface area (Å²) >= 11 is 0. The van der Waals surface area contributed by atoms with E-state index in [9.17, 15) is 22.0 Å². The number of halogens is 2. The van der Waals surface area contributed by atoms with E-state index in [1.54, 1.807) is 11.0 Å². The second kappa shape index (κ2) is 11.3. The Labute approximate surface area is 225 Å². The summed E-state index contributed by atoms with van der Waals surface area (Å²) in [7, 11) is -2.03. The second-order valence-electron chi connectivity index (χ2n) is 11.3. The average molecular weight is 551 g/mol. The fraction of sp³-hybridized carbons (Fsp3) is 0.607. The molecule has 0 radical (unpaired) electrons. The zero-order chi connectivity index (χ0) is 28.5. The molecular weight excluding hydrogens is 510 g/mol. The monoisotopic (exact) mass is 550 g/mol. The molecule has 3 atom stereocenters. The van der Waals surface area contributed by atoms with Crippen molar-refractivity contribution >= 4 is 21.6 Å².